The molecule has 2 heterocycles. The third kappa shape index (κ3) is 4.71. The van der Waals surface area contributed by atoms with Crippen LogP contribution < -0.4 is 4.74 Å². The summed E-state index contributed by atoms with van der Waals surface area (Å²) in [6, 6.07) is 17.2. The molecule has 1 aliphatic heterocycles. The van der Waals surface area contributed by atoms with E-state index in [0.717, 1.165) is 17.5 Å². The highest BCUT2D eigenvalue weighted by Gasteiger charge is 2.34. The van der Waals surface area contributed by atoms with Crippen molar-refractivity contribution in [1.82, 2.24) is 9.80 Å². The van der Waals surface area contributed by atoms with Gasteiger partial charge in [0.25, 0.3) is 5.91 Å². The lowest BCUT2D eigenvalue weighted by molar-refractivity contribution is -0.133. The Morgan fingerprint density at radius 1 is 1.18 bits per heavy atom. The second-order valence-electron chi connectivity index (χ2n) is 8.10. The lowest BCUT2D eigenvalue weighted by Gasteiger charge is -2.38. The number of rotatable bonds is 7. The van der Waals surface area contributed by atoms with E-state index < -0.39 is 0 Å². The summed E-state index contributed by atoms with van der Waals surface area (Å²) < 4.78 is 5.26. The van der Waals surface area contributed by atoms with E-state index >= 15 is 0 Å². The van der Waals surface area contributed by atoms with Gasteiger partial charge in [-0.05, 0) is 59.7 Å². The van der Waals surface area contributed by atoms with Crippen LogP contribution in [0.5, 0.6) is 5.75 Å². The molecule has 0 aliphatic carbocycles. The van der Waals surface area contributed by atoms with Crippen molar-refractivity contribution in [2.45, 2.75) is 19.4 Å². The molecule has 0 radical (unpaired) electrons. The number of carbonyl (C=O) groups excluding carboxylic acids is 2. The van der Waals surface area contributed by atoms with Gasteiger partial charge in [0, 0.05) is 23.5 Å². The fourth-order valence-electron chi connectivity index (χ4n) is 4.38. The molecule has 33 heavy (non-hydrogen) atoms. The molecule has 2 aromatic carbocycles. The van der Waals surface area contributed by atoms with Gasteiger partial charge in [0.1, 0.15) is 12.3 Å². The van der Waals surface area contributed by atoms with Gasteiger partial charge in [0.15, 0.2) is 0 Å². The Hall–Kier alpha value is -3.38. The first-order valence-electron chi connectivity index (χ1n) is 11.0. The first kappa shape index (κ1) is 22.8. The van der Waals surface area contributed by atoms with E-state index in [-0.39, 0.29) is 30.9 Å². The van der Waals surface area contributed by atoms with Crippen molar-refractivity contribution < 1.29 is 14.3 Å². The van der Waals surface area contributed by atoms with Crippen LogP contribution in [0.15, 0.2) is 72.6 Å². The monoisotopic (exact) mass is 460 g/mol. The van der Waals surface area contributed by atoms with Gasteiger partial charge in [-0.2, -0.15) is 0 Å². The summed E-state index contributed by atoms with van der Waals surface area (Å²) >= 11 is 1.74. The number of ether oxygens (including phenoxy) is 1. The van der Waals surface area contributed by atoms with Gasteiger partial charge >= 0.3 is 0 Å². The topological polar surface area (TPSA) is 49.9 Å². The molecule has 1 aromatic heterocycles. The number of nitrogens with zero attached hydrogens (tertiary/aromatic N) is 2. The quantitative estimate of drug-likeness (QED) is 0.473. The third-order valence-electron chi connectivity index (χ3n) is 6.05. The molecule has 3 aromatic rings. The van der Waals surface area contributed by atoms with Crippen LogP contribution in [0.3, 0.4) is 0 Å². The molecule has 0 spiro atoms. The summed E-state index contributed by atoms with van der Waals surface area (Å²) in [5, 5.41) is 2.10. The van der Waals surface area contributed by atoms with Crippen LogP contribution >= 0.6 is 11.3 Å². The Kier molecular flexibility index (Phi) is 6.94. The molecule has 5 nitrogen and oxygen atoms in total. The maximum absolute atomic E-state index is 13.6. The summed E-state index contributed by atoms with van der Waals surface area (Å²) in [4.78, 5) is 31.7. The zero-order valence-corrected chi connectivity index (χ0v) is 19.8. The minimum atomic E-state index is -0.220. The summed E-state index contributed by atoms with van der Waals surface area (Å²) in [6.07, 6.45) is 2.48. The molecule has 4 rings (SSSR count). The van der Waals surface area contributed by atoms with Crippen molar-refractivity contribution in [1.29, 1.82) is 0 Å². The van der Waals surface area contributed by atoms with E-state index in [1.165, 1.54) is 10.4 Å². The van der Waals surface area contributed by atoms with Crippen LogP contribution in [0.25, 0.3) is 0 Å². The van der Waals surface area contributed by atoms with Crippen LogP contribution in [-0.4, -0.2) is 48.4 Å². The molecule has 1 aliphatic rings. The molecule has 1 atom stereocenters. The lowest BCUT2D eigenvalue weighted by atomic mass is 9.90. The normalized spacial score (nSPS) is 15.0. The number of hydrogen-bond donors (Lipinski definition) is 0. The van der Waals surface area contributed by atoms with Gasteiger partial charge in [-0.15, -0.1) is 17.9 Å². The first-order valence-corrected chi connectivity index (χ1v) is 11.9. The van der Waals surface area contributed by atoms with E-state index in [9.17, 15) is 9.59 Å². The maximum atomic E-state index is 13.6. The van der Waals surface area contributed by atoms with Gasteiger partial charge in [0.2, 0.25) is 5.91 Å². The summed E-state index contributed by atoms with van der Waals surface area (Å²) in [6.45, 7) is 6.76. The van der Waals surface area contributed by atoms with E-state index in [4.69, 9.17) is 4.74 Å². The third-order valence-corrected chi connectivity index (χ3v) is 7.05. The first-order chi connectivity index (χ1) is 16.0. The van der Waals surface area contributed by atoms with Crippen molar-refractivity contribution in [3.63, 3.8) is 0 Å². The molecule has 2 amide bonds. The lowest BCUT2D eigenvalue weighted by Crippen LogP contribution is -2.47. The fourth-order valence-corrected chi connectivity index (χ4v) is 5.29. The fraction of sp³-hybridized carbons (Fsp3) is 0.259. The molecule has 0 fully saturated rings. The van der Waals surface area contributed by atoms with Crippen molar-refractivity contribution in [3.8, 4) is 5.75 Å². The van der Waals surface area contributed by atoms with E-state index in [2.05, 4.69) is 37.1 Å². The average Bonchev–Trinajstić information content (AvgIpc) is 3.32. The van der Waals surface area contributed by atoms with Crippen LogP contribution in [0, 0.1) is 6.92 Å². The van der Waals surface area contributed by atoms with Gasteiger partial charge in [0.05, 0.1) is 13.2 Å². The largest absolute Gasteiger partial charge is 0.497 e. The Labute approximate surface area is 198 Å². The molecule has 0 N–H and O–H groups in total. The second kappa shape index (κ2) is 10.0. The minimum Gasteiger partial charge on any atom is -0.497 e. The zero-order chi connectivity index (χ0) is 23.4. The number of aryl methyl sites for hydroxylation is 1. The summed E-state index contributed by atoms with van der Waals surface area (Å²) in [5.41, 5.74) is 3.94. The minimum absolute atomic E-state index is 0.0100. The molecule has 1 unspecified atom stereocenters. The number of benzene rings is 2. The van der Waals surface area contributed by atoms with Crippen LogP contribution in [0.4, 0.5) is 0 Å². The zero-order valence-electron chi connectivity index (χ0n) is 19.0. The summed E-state index contributed by atoms with van der Waals surface area (Å²) in [7, 11) is 1.56. The van der Waals surface area contributed by atoms with Crippen molar-refractivity contribution in [3.05, 3.63) is 99.8 Å². The Morgan fingerprint density at radius 3 is 2.76 bits per heavy atom. The number of thiophene rings is 1. The molecule has 0 bridgehead atoms. The van der Waals surface area contributed by atoms with E-state index in [1.807, 2.05) is 17.0 Å². The Bertz CT molecular complexity index is 1170. The molecular formula is C27H28N2O3S. The number of methoxy groups -OCH3 is 1. The van der Waals surface area contributed by atoms with Gasteiger partial charge in [-0.3, -0.25) is 9.59 Å². The Balaban J connectivity index is 1.62. The highest BCUT2D eigenvalue weighted by molar-refractivity contribution is 7.10. The number of carbonyl (C=O) groups is 2. The van der Waals surface area contributed by atoms with E-state index in [0.29, 0.717) is 17.9 Å². The van der Waals surface area contributed by atoms with Gasteiger partial charge in [-0.25, -0.2) is 0 Å². The van der Waals surface area contributed by atoms with Crippen LogP contribution in [0.2, 0.25) is 0 Å². The Morgan fingerprint density at radius 2 is 2.00 bits per heavy atom. The predicted octanol–water partition coefficient (Wildman–Crippen LogP) is 4.87. The maximum Gasteiger partial charge on any atom is 0.254 e. The van der Waals surface area contributed by atoms with Crippen molar-refractivity contribution >= 4 is 23.2 Å². The van der Waals surface area contributed by atoms with E-state index in [1.54, 1.807) is 53.7 Å². The number of amides is 2. The van der Waals surface area contributed by atoms with Gasteiger partial charge < -0.3 is 14.5 Å². The van der Waals surface area contributed by atoms with Gasteiger partial charge in [-0.1, -0.05) is 36.4 Å². The summed E-state index contributed by atoms with van der Waals surface area (Å²) in [5.74, 6) is 0.312. The average molecular weight is 461 g/mol. The molecule has 170 valence electrons. The standard InChI is InChI=1S/C27H28N2O3S/c1-4-14-28(27(31)20-9-7-10-21(17-20)32-3)18-25(30)29-15-12-24-23(13-16-33-24)26(29)22-11-6-5-8-19(22)2/h4-11,13,16-17,26H,1,12,14-15,18H2,2-3H3. The molecule has 6 heteroatoms. The van der Waals surface area contributed by atoms with Crippen LogP contribution in [-0.2, 0) is 11.2 Å². The second-order valence-corrected chi connectivity index (χ2v) is 9.10. The number of fused-ring (bicyclic) bond motifs is 1. The molecule has 0 saturated heterocycles. The smallest absolute Gasteiger partial charge is 0.254 e. The predicted molar refractivity (Wildman–Crippen MR) is 132 cm³/mol. The number of hydrogen-bond acceptors (Lipinski definition) is 4. The van der Waals surface area contributed by atoms with Crippen molar-refractivity contribution in [2.75, 3.05) is 26.7 Å². The van der Waals surface area contributed by atoms with Crippen LogP contribution in [0.1, 0.15) is 38.0 Å². The highest BCUT2D eigenvalue weighted by Crippen LogP contribution is 2.39. The van der Waals surface area contributed by atoms with Crippen molar-refractivity contribution in [2.24, 2.45) is 0 Å². The molecular weight excluding hydrogens is 432 g/mol. The molecule has 0 saturated carbocycles. The highest BCUT2D eigenvalue weighted by atomic mass is 32.1. The SMILES string of the molecule is C=CCN(CC(=O)N1CCc2sccc2C1c1ccccc1C)C(=O)c1cccc(OC)c1.